The largest absolute Gasteiger partial charge is 0.368 e. The van der Waals surface area contributed by atoms with Gasteiger partial charge in [-0.05, 0) is 43.6 Å². The first-order valence-electron chi connectivity index (χ1n) is 8.85. The first kappa shape index (κ1) is 17.5. The van der Waals surface area contributed by atoms with E-state index in [1.54, 1.807) is 16.2 Å². The van der Waals surface area contributed by atoms with E-state index < -0.39 is 11.9 Å². The van der Waals surface area contributed by atoms with Gasteiger partial charge >= 0.3 is 0 Å². The van der Waals surface area contributed by atoms with E-state index in [1.807, 2.05) is 17.5 Å². The van der Waals surface area contributed by atoms with Crippen LogP contribution >= 0.6 is 23.1 Å². The molecule has 0 radical (unpaired) electrons. The molecule has 2 amide bonds. The van der Waals surface area contributed by atoms with Gasteiger partial charge in [0.2, 0.25) is 11.8 Å². The topological polar surface area (TPSA) is 94.1 Å². The highest BCUT2D eigenvalue weighted by Crippen LogP contribution is 2.41. The van der Waals surface area contributed by atoms with Gasteiger partial charge in [-0.25, -0.2) is 0 Å². The van der Waals surface area contributed by atoms with Crippen molar-refractivity contribution < 1.29 is 9.59 Å². The second-order valence-corrected chi connectivity index (χ2v) is 8.56. The van der Waals surface area contributed by atoms with E-state index in [4.69, 9.17) is 5.73 Å². The Balaban J connectivity index is 1.48. The third kappa shape index (κ3) is 3.50. The smallest absolute Gasteiger partial charge is 0.240 e. The molecule has 26 heavy (non-hydrogen) atoms. The number of thioether (sulfide) groups is 1. The Morgan fingerprint density at radius 3 is 2.81 bits per heavy atom. The molecule has 0 unspecified atom stereocenters. The predicted octanol–water partition coefficient (Wildman–Crippen LogP) is 2.30. The minimum atomic E-state index is -0.472. The van der Waals surface area contributed by atoms with Crippen LogP contribution in [-0.4, -0.2) is 49.8 Å². The summed E-state index contributed by atoms with van der Waals surface area (Å²) in [6.45, 7) is 0.600. The van der Waals surface area contributed by atoms with Crippen molar-refractivity contribution in [1.82, 2.24) is 19.7 Å². The van der Waals surface area contributed by atoms with E-state index in [0.29, 0.717) is 19.0 Å². The van der Waals surface area contributed by atoms with Crippen LogP contribution in [-0.2, 0) is 9.59 Å². The first-order valence-corrected chi connectivity index (χ1v) is 10.7. The fraction of sp³-hybridized carbons (Fsp3) is 0.529. The molecule has 2 aromatic rings. The molecule has 7 nitrogen and oxygen atoms in total. The van der Waals surface area contributed by atoms with Crippen LogP contribution in [0.1, 0.15) is 38.1 Å². The number of primary amides is 1. The van der Waals surface area contributed by atoms with Gasteiger partial charge in [-0.3, -0.25) is 14.2 Å². The maximum Gasteiger partial charge on any atom is 0.240 e. The molecule has 1 aliphatic heterocycles. The number of carbonyl (C=O) groups excluding carboxylic acids is 2. The monoisotopic (exact) mass is 391 g/mol. The van der Waals surface area contributed by atoms with Crippen molar-refractivity contribution in [3.05, 3.63) is 17.5 Å². The number of nitrogens with zero attached hydrogens (tertiary/aromatic N) is 4. The van der Waals surface area contributed by atoms with Crippen LogP contribution in [0.5, 0.6) is 0 Å². The van der Waals surface area contributed by atoms with E-state index in [-0.39, 0.29) is 11.7 Å². The van der Waals surface area contributed by atoms with Gasteiger partial charge in [-0.2, -0.15) is 0 Å². The van der Waals surface area contributed by atoms with Gasteiger partial charge in [0.15, 0.2) is 11.0 Å². The van der Waals surface area contributed by atoms with Crippen molar-refractivity contribution >= 4 is 34.9 Å². The lowest BCUT2D eigenvalue weighted by Gasteiger charge is -2.33. The summed E-state index contributed by atoms with van der Waals surface area (Å²) in [7, 11) is 0. The van der Waals surface area contributed by atoms with Crippen molar-refractivity contribution in [1.29, 1.82) is 0 Å². The number of nitrogens with two attached hydrogens (primary N) is 1. The lowest BCUT2D eigenvalue weighted by molar-refractivity contribution is -0.138. The van der Waals surface area contributed by atoms with E-state index >= 15 is 0 Å². The van der Waals surface area contributed by atoms with Gasteiger partial charge < -0.3 is 10.6 Å². The molecule has 1 atom stereocenters. The van der Waals surface area contributed by atoms with Gasteiger partial charge in [0.1, 0.15) is 6.04 Å². The summed E-state index contributed by atoms with van der Waals surface area (Å²) >= 11 is 3.04. The minimum Gasteiger partial charge on any atom is -0.368 e. The number of amides is 2. The zero-order valence-corrected chi connectivity index (χ0v) is 16.0. The Morgan fingerprint density at radius 2 is 2.12 bits per heavy atom. The molecule has 2 fully saturated rings. The van der Waals surface area contributed by atoms with Crippen molar-refractivity contribution in [2.75, 3.05) is 12.3 Å². The number of rotatable bonds is 6. The van der Waals surface area contributed by atoms with Crippen LogP contribution in [0.2, 0.25) is 0 Å². The van der Waals surface area contributed by atoms with E-state index in [0.717, 1.165) is 41.5 Å². The Labute approximate surface area is 160 Å². The Kier molecular flexibility index (Phi) is 4.99. The second-order valence-electron chi connectivity index (χ2n) is 6.67. The van der Waals surface area contributed by atoms with Crippen LogP contribution in [0.4, 0.5) is 0 Å². The molecule has 0 spiro atoms. The molecular weight excluding hydrogens is 370 g/mol. The molecule has 0 bridgehead atoms. The van der Waals surface area contributed by atoms with Gasteiger partial charge in [-0.15, -0.1) is 21.5 Å². The van der Waals surface area contributed by atoms with Crippen molar-refractivity contribution in [3.8, 4) is 10.7 Å². The highest BCUT2D eigenvalue weighted by Gasteiger charge is 2.33. The number of thiophene rings is 1. The highest BCUT2D eigenvalue weighted by molar-refractivity contribution is 7.99. The molecule has 1 aliphatic carbocycles. The zero-order chi connectivity index (χ0) is 18.1. The number of carbonyl (C=O) groups is 2. The zero-order valence-electron chi connectivity index (χ0n) is 14.3. The van der Waals surface area contributed by atoms with Crippen LogP contribution in [0.15, 0.2) is 22.7 Å². The van der Waals surface area contributed by atoms with Gasteiger partial charge in [0.05, 0.1) is 10.6 Å². The SMILES string of the molecule is NC(=O)[C@@H]1CCCCN1C(=O)CSc1nnc(-c2cccs2)n1C1CC1. The Hall–Kier alpha value is -1.87. The third-order valence-corrected chi connectivity index (χ3v) is 6.59. The Bertz CT molecular complexity index is 800. The van der Waals surface area contributed by atoms with E-state index in [1.165, 1.54) is 11.8 Å². The maximum absolute atomic E-state index is 12.7. The van der Waals surface area contributed by atoms with Crippen LogP contribution in [0.3, 0.4) is 0 Å². The van der Waals surface area contributed by atoms with Crippen molar-refractivity contribution in [2.24, 2.45) is 5.73 Å². The molecule has 2 aliphatic rings. The molecule has 4 rings (SSSR count). The van der Waals surface area contributed by atoms with Gasteiger partial charge in [0, 0.05) is 12.6 Å². The molecule has 2 N–H and O–H groups in total. The third-order valence-electron chi connectivity index (χ3n) is 4.79. The minimum absolute atomic E-state index is 0.0541. The van der Waals surface area contributed by atoms with Crippen LogP contribution in [0, 0.1) is 0 Å². The summed E-state index contributed by atoms with van der Waals surface area (Å²) in [6.07, 6.45) is 4.75. The lowest BCUT2D eigenvalue weighted by atomic mass is 10.0. The van der Waals surface area contributed by atoms with Crippen molar-refractivity contribution in [2.45, 2.75) is 49.3 Å². The summed E-state index contributed by atoms with van der Waals surface area (Å²) in [5.41, 5.74) is 5.47. The van der Waals surface area contributed by atoms with Crippen LogP contribution in [0.25, 0.3) is 10.7 Å². The summed E-state index contributed by atoms with van der Waals surface area (Å²) in [5.74, 6) is 0.662. The fourth-order valence-corrected chi connectivity index (χ4v) is 4.94. The number of hydrogen-bond acceptors (Lipinski definition) is 6. The maximum atomic E-state index is 12.7. The molecule has 1 saturated carbocycles. The number of likely N-dealkylation sites (tertiary alicyclic amines) is 1. The molecule has 2 aromatic heterocycles. The normalized spacial score (nSPS) is 20.3. The lowest BCUT2D eigenvalue weighted by Crippen LogP contribution is -2.51. The molecule has 0 aromatic carbocycles. The quantitative estimate of drug-likeness (QED) is 0.763. The summed E-state index contributed by atoms with van der Waals surface area (Å²) in [4.78, 5) is 27.0. The first-order chi connectivity index (χ1) is 12.6. The fourth-order valence-electron chi connectivity index (χ4n) is 3.35. The summed E-state index contributed by atoms with van der Waals surface area (Å²) < 4.78 is 2.16. The molecular formula is C17H21N5O2S2. The van der Waals surface area contributed by atoms with Crippen molar-refractivity contribution in [3.63, 3.8) is 0 Å². The van der Waals surface area contributed by atoms with Gasteiger partial charge in [-0.1, -0.05) is 17.8 Å². The highest BCUT2D eigenvalue weighted by atomic mass is 32.2. The molecule has 3 heterocycles. The predicted molar refractivity (Wildman–Crippen MR) is 101 cm³/mol. The van der Waals surface area contributed by atoms with E-state index in [9.17, 15) is 9.59 Å². The average Bonchev–Trinajstić information content (AvgIpc) is 3.17. The number of hydrogen-bond donors (Lipinski definition) is 1. The summed E-state index contributed by atoms with van der Waals surface area (Å²) in [5, 5.41) is 11.5. The second kappa shape index (κ2) is 7.40. The standard InChI is InChI=1S/C17H21N5O2S2/c18-15(24)12-4-1-2-8-21(12)14(23)10-26-17-20-19-16(13-5-3-9-25-13)22(17)11-6-7-11/h3,5,9,11-12H,1-2,4,6-8,10H2,(H2,18,24)/t12-/m0/s1. The van der Waals surface area contributed by atoms with Crippen LogP contribution < -0.4 is 5.73 Å². The van der Waals surface area contributed by atoms with Gasteiger partial charge in [0.25, 0.3) is 0 Å². The Morgan fingerprint density at radius 1 is 1.27 bits per heavy atom. The molecule has 1 saturated heterocycles. The number of piperidine rings is 1. The molecule has 9 heteroatoms. The summed E-state index contributed by atoms with van der Waals surface area (Å²) in [6, 6.07) is 3.99. The van der Waals surface area contributed by atoms with E-state index in [2.05, 4.69) is 14.8 Å². The average molecular weight is 392 g/mol. The number of aromatic nitrogens is 3. The molecule has 138 valence electrons.